The Bertz CT molecular complexity index is 1590. The predicted molar refractivity (Wildman–Crippen MR) is 144 cm³/mol. The molecular formula is C25H21INO8S2+. The summed E-state index contributed by atoms with van der Waals surface area (Å²) in [4.78, 5) is 12.6. The van der Waals surface area contributed by atoms with Crippen LogP contribution in [0.2, 0.25) is 0 Å². The van der Waals surface area contributed by atoms with Crippen LogP contribution in [0.4, 0.5) is 5.69 Å². The van der Waals surface area contributed by atoms with E-state index in [-0.39, 0.29) is 9.82 Å². The number of aryl methyl sites for hydroxylation is 1. The van der Waals surface area contributed by atoms with E-state index in [4.69, 9.17) is 7.35 Å². The Kier molecular flexibility index (Phi) is 7.92. The molecule has 4 aromatic carbocycles. The van der Waals surface area contributed by atoms with Gasteiger partial charge in [0.25, 0.3) is 0 Å². The van der Waals surface area contributed by atoms with Gasteiger partial charge in [0.1, 0.15) is 0 Å². The Morgan fingerprint density at radius 2 is 1.24 bits per heavy atom. The van der Waals surface area contributed by atoms with Crippen LogP contribution in [0, 0.1) is 19.0 Å². The normalized spacial score (nSPS) is 12.0. The second kappa shape index (κ2) is 11.0. The Labute approximate surface area is 222 Å². The number of rotatable bonds is 9. The van der Waals surface area contributed by atoms with Crippen LogP contribution in [0.5, 0.6) is 5.75 Å². The molecule has 37 heavy (non-hydrogen) atoms. The Balaban J connectivity index is 1.76. The van der Waals surface area contributed by atoms with Gasteiger partial charge in [-0.3, -0.25) is 0 Å². The van der Waals surface area contributed by atoms with Crippen molar-refractivity contribution >= 4 is 46.2 Å². The molecule has 0 fully saturated rings. The number of benzene rings is 4. The molecule has 192 valence electrons. The second-order valence-electron chi connectivity index (χ2n) is 7.62. The number of hydrogen-bond acceptors (Lipinski definition) is 7. The summed E-state index contributed by atoms with van der Waals surface area (Å²) in [6.45, 7) is 1.79. The van der Waals surface area contributed by atoms with Crippen LogP contribution in [0.1, 0.15) is 5.56 Å². The molecule has 9 nitrogen and oxygen atoms in total. The zero-order valence-corrected chi connectivity index (χ0v) is 23.1. The van der Waals surface area contributed by atoms with Crippen molar-refractivity contribution in [3.8, 4) is 5.75 Å². The van der Waals surface area contributed by atoms with Crippen molar-refractivity contribution in [1.82, 2.24) is 0 Å². The molecular weight excluding hydrogens is 633 g/mol. The van der Waals surface area contributed by atoms with Crippen molar-refractivity contribution in [2.45, 2.75) is 16.7 Å². The summed E-state index contributed by atoms with van der Waals surface area (Å²) in [7, 11) is -9.11. The van der Waals surface area contributed by atoms with Crippen LogP contribution in [0.3, 0.4) is 0 Å². The summed E-state index contributed by atoms with van der Waals surface area (Å²) in [5.41, 5.74) is 0.287. The Morgan fingerprint density at radius 1 is 0.730 bits per heavy atom. The molecule has 0 saturated carbocycles. The van der Waals surface area contributed by atoms with Crippen molar-refractivity contribution < 1.29 is 33.7 Å². The topological polar surface area (TPSA) is 127 Å². The minimum atomic E-state index is -4.72. The number of halogens is 1. The molecule has 0 amide bonds. The third-order valence-corrected chi connectivity index (χ3v) is 11.5. The van der Waals surface area contributed by atoms with Crippen LogP contribution in [-0.2, 0) is 23.4 Å². The molecule has 0 aliphatic heterocycles. The van der Waals surface area contributed by atoms with Gasteiger partial charge >= 0.3 is 223 Å². The molecule has 0 aliphatic rings. The molecule has 4 aromatic rings. The van der Waals surface area contributed by atoms with Crippen LogP contribution in [-0.4, -0.2) is 26.3 Å². The van der Waals surface area contributed by atoms with E-state index >= 15 is 0 Å². The zero-order chi connectivity index (χ0) is 26.6. The van der Waals surface area contributed by atoms with E-state index in [9.17, 15) is 26.3 Å². The molecule has 0 heterocycles. The third kappa shape index (κ3) is 6.52. The van der Waals surface area contributed by atoms with Crippen molar-refractivity contribution in [3.05, 3.63) is 121 Å². The van der Waals surface area contributed by atoms with Gasteiger partial charge in [-0.25, -0.2) is 0 Å². The van der Waals surface area contributed by atoms with Gasteiger partial charge in [0.15, 0.2) is 0 Å². The second-order valence-corrected chi connectivity index (χ2v) is 14.9. The van der Waals surface area contributed by atoms with Crippen molar-refractivity contribution in [2.24, 2.45) is 0 Å². The van der Waals surface area contributed by atoms with E-state index in [2.05, 4.69) is 0 Å². The molecule has 0 bridgehead atoms. The Hall–Kier alpha value is -3.33. The average Bonchev–Trinajstić information content (AvgIpc) is 2.88. The summed E-state index contributed by atoms with van der Waals surface area (Å²) in [6.07, 6.45) is 0. The fourth-order valence-electron chi connectivity index (χ4n) is 3.11. The third-order valence-electron chi connectivity index (χ3n) is 4.93. The average molecular weight is 654 g/mol. The van der Waals surface area contributed by atoms with E-state index in [1.807, 2.05) is 12.1 Å². The molecule has 0 spiro atoms. The molecule has 0 unspecified atom stereocenters. The molecule has 0 saturated heterocycles. The van der Waals surface area contributed by atoms with Gasteiger partial charge in [-0.1, -0.05) is 0 Å². The first-order valence-corrected chi connectivity index (χ1v) is 16.5. The van der Waals surface area contributed by atoms with Crippen LogP contribution >= 0.6 is 20.2 Å². The fraction of sp³-hybridized carbons (Fsp3) is 0.0400. The summed E-state index contributed by atoms with van der Waals surface area (Å²) < 4.78 is 71.4. The zero-order valence-electron chi connectivity index (χ0n) is 19.3. The summed E-state index contributed by atoms with van der Waals surface area (Å²) in [5, 5.41) is 0. The fourth-order valence-corrected chi connectivity index (χ4v) is 8.43. The van der Waals surface area contributed by atoms with Gasteiger partial charge in [-0.05, 0) is 0 Å². The summed E-state index contributed by atoms with van der Waals surface area (Å²) >= 11 is -2.90. The number of nitrogens with zero attached hydrogens (tertiary/aromatic N) is 1. The molecule has 0 aliphatic carbocycles. The standard InChI is InChI=1S/C25H20INO8S2/c1-19-12-14-22(15-13-19)37(32,33)34-25-17-16-23(36(29,30)31)18-24(25)27(28)35-26(20-8-4-2-5-9-20)21-10-6-3-7-11-21/h2-18H,1H3/p+1. The van der Waals surface area contributed by atoms with E-state index < -0.39 is 56.8 Å². The molecule has 4 rings (SSSR count). The first kappa shape index (κ1) is 26.7. The summed E-state index contributed by atoms with van der Waals surface area (Å²) in [5.74, 6) is -0.472. The van der Waals surface area contributed by atoms with Crippen LogP contribution in [0.15, 0.2) is 113 Å². The van der Waals surface area contributed by atoms with Crippen molar-refractivity contribution in [3.63, 3.8) is 0 Å². The maximum atomic E-state index is 13.4. The molecule has 0 radical (unpaired) electrons. The maximum absolute atomic E-state index is 13.4. The van der Waals surface area contributed by atoms with Crippen LogP contribution in [0.25, 0.3) is 0 Å². The molecule has 0 atom stereocenters. The van der Waals surface area contributed by atoms with E-state index in [1.165, 1.54) is 12.1 Å². The van der Waals surface area contributed by atoms with Gasteiger partial charge in [-0.2, -0.15) is 0 Å². The van der Waals surface area contributed by atoms with Crippen LogP contribution < -0.4 is 4.18 Å². The van der Waals surface area contributed by atoms with Crippen molar-refractivity contribution in [2.75, 3.05) is 0 Å². The molecule has 1 N–H and O–H groups in total. The first-order chi connectivity index (χ1) is 17.5. The number of hydrogen-bond donors (Lipinski definition) is 1. The van der Waals surface area contributed by atoms with Gasteiger partial charge in [0.05, 0.1) is 0 Å². The SMILES string of the molecule is Cc1ccc(S(=O)(=O)Oc2ccc(S(=O)(=O)O)cc2[N+](=O)OI(c2ccccc2)c2ccccc2)cc1. The van der Waals surface area contributed by atoms with E-state index in [1.54, 1.807) is 67.6 Å². The predicted octanol–water partition coefficient (Wildman–Crippen LogP) is 5.51. The van der Waals surface area contributed by atoms with E-state index in [0.717, 1.165) is 30.9 Å². The molecule has 12 heteroatoms. The molecule has 0 aromatic heterocycles. The minimum absolute atomic E-state index is 0.0412. The monoisotopic (exact) mass is 654 g/mol. The quantitative estimate of drug-likeness (QED) is 0.108. The van der Waals surface area contributed by atoms with Crippen molar-refractivity contribution in [1.29, 1.82) is 0 Å². The summed E-state index contributed by atoms with van der Waals surface area (Å²) in [6, 6.07) is 26.6. The van der Waals surface area contributed by atoms with Gasteiger partial charge < -0.3 is 0 Å². The van der Waals surface area contributed by atoms with Gasteiger partial charge in [0, 0.05) is 0 Å². The first-order valence-electron chi connectivity index (χ1n) is 10.6. The van der Waals surface area contributed by atoms with E-state index in [0.29, 0.717) is 0 Å². The van der Waals surface area contributed by atoms with Gasteiger partial charge in [0.2, 0.25) is 0 Å². The van der Waals surface area contributed by atoms with Gasteiger partial charge in [-0.15, -0.1) is 0 Å². The Morgan fingerprint density at radius 3 is 1.76 bits per heavy atom.